The van der Waals surface area contributed by atoms with Gasteiger partial charge in [0.25, 0.3) is 0 Å². The molecule has 0 amide bonds. The summed E-state index contributed by atoms with van der Waals surface area (Å²) in [6, 6.07) is -0.00123. The van der Waals surface area contributed by atoms with E-state index in [0.29, 0.717) is 6.42 Å². The van der Waals surface area contributed by atoms with Crippen molar-refractivity contribution < 1.29 is 18.3 Å². The van der Waals surface area contributed by atoms with Crippen LogP contribution < -0.4 is 0 Å². The van der Waals surface area contributed by atoms with Crippen LogP contribution in [0.15, 0.2) is 0 Å². The van der Waals surface area contributed by atoms with Crippen molar-refractivity contribution in [3.63, 3.8) is 0 Å². The Morgan fingerprint density at radius 3 is 2.58 bits per heavy atom. The van der Waals surface area contributed by atoms with E-state index in [-0.39, 0.29) is 30.1 Å². The van der Waals surface area contributed by atoms with Crippen LogP contribution in [0.5, 0.6) is 0 Å². The van der Waals surface area contributed by atoms with E-state index in [1.165, 1.54) is 0 Å². The lowest BCUT2D eigenvalue weighted by Crippen LogP contribution is -2.45. The predicted molar refractivity (Wildman–Crippen MR) is 75.0 cm³/mol. The molecular formula is C13H25NO4S. The third kappa shape index (κ3) is 5.48. The van der Waals surface area contributed by atoms with E-state index in [4.69, 9.17) is 5.11 Å². The fraction of sp³-hybridized carbons (Fsp3) is 0.923. The monoisotopic (exact) mass is 291 g/mol. The van der Waals surface area contributed by atoms with Crippen molar-refractivity contribution in [2.75, 3.05) is 18.1 Å². The predicted octanol–water partition coefficient (Wildman–Crippen LogP) is 1.53. The normalized spacial score (nSPS) is 23.6. The number of unbranched alkanes of at least 4 members (excludes halogenated alkanes) is 2. The van der Waals surface area contributed by atoms with Gasteiger partial charge in [-0.3, -0.25) is 9.69 Å². The number of hydrogen-bond donors (Lipinski definition) is 1. The Balaban J connectivity index is 2.63. The average Bonchev–Trinajstić information content (AvgIpc) is 2.66. The Bertz CT molecular complexity index is 393. The molecule has 0 saturated carbocycles. The van der Waals surface area contributed by atoms with E-state index in [1.807, 2.05) is 11.8 Å². The SMILES string of the molecule is CCCCCC(C)N(CC(=O)O)C1CCS(=O)(=O)C1. The van der Waals surface area contributed by atoms with E-state index in [1.54, 1.807) is 0 Å². The van der Waals surface area contributed by atoms with Gasteiger partial charge in [-0.2, -0.15) is 0 Å². The molecule has 6 heteroatoms. The Morgan fingerprint density at radius 1 is 1.42 bits per heavy atom. The van der Waals surface area contributed by atoms with Gasteiger partial charge in [0, 0.05) is 12.1 Å². The van der Waals surface area contributed by atoms with Gasteiger partial charge >= 0.3 is 5.97 Å². The van der Waals surface area contributed by atoms with E-state index in [0.717, 1.165) is 25.7 Å². The van der Waals surface area contributed by atoms with Gasteiger partial charge in [0.05, 0.1) is 18.1 Å². The summed E-state index contributed by atoms with van der Waals surface area (Å²) in [4.78, 5) is 12.8. The highest BCUT2D eigenvalue weighted by Gasteiger charge is 2.34. The van der Waals surface area contributed by atoms with Crippen LogP contribution in [0.1, 0.15) is 46.0 Å². The van der Waals surface area contributed by atoms with Gasteiger partial charge in [0.15, 0.2) is 9.84 Å². The van der Waals surface area contributed by atoms with Crippen LogP contribution in [-0.4, -0.2) is 54.5 Å². The number of rotatable bonds is 8. The molecule has 0 aromatic carbocycles. The van der Waals surface area contributed by atoms with E-state index in [9.17, 15) is 13.2 Å². The third-order valence-corrected chi connectivity index (χ3v) is 5.54. The highest BCUT2D eigenvalue weighted by molar-refractivity contribution is 7.91. The smallest absolute Gasteiger partial charge is 0.317 e. The third-order valence-electron chi connectivity index (χ3n) is 3.79. The molecule has 1 aliphatic rings. The topological polar surface area (TPSA) is 74.7 Å². The summed E-state index contributed by atoms with van der Waals surface area (Å²) in [7, 11) is -2.97. The molecule has 0 aromatic rings. The second kappa shape index (κ2) is 7.24. The Hall–Kier alpha value is -0.620. The second-order valence-corrected chi connectivity index (χ2v) is 7.70. The molecule has 5 nitrogen and oxygen atoms in total. The van der Waals surface area contributed by atoms with Gasteiger partial charge in [-0.25, -0.2) is 8.42 Å². The van der Waals surface area contributed by atoms with Crippen molar-refractivity contribution in [1.82, 2.24) is 4.90 Å². The molecule has 19 heavy (non-hydrogen) atoms. The molecule has 0 bridgehead atoms. The minimum atomic E-state index is -2.97. The van der Waals surface area contributed by atoms with Gasteiger partial charge in [-0.15, -0.1) is 0 Å². The summed E-state index contributed by atoms with van der Waals surface area (Å²) in [5.74, 6) is -0.583. The molecule has 0 radical (unpaired) electrons. The molecule has 2 unspecified atom stereocenters. The highest BCUT2D eigenvalue weighted by Crippen LogP contribution is 2.22. The highest BCUT2D eigenvalue weighted by atomic mass is 32.2. The van der Waals surface area contributed by atoms with Crippen LogP contribution in [0.25, 0.3) is 0 Å². The zero-order chi connectivity index (χ0) is 14.5. The van der Waals surface area contributed by atoms with E-state index in [2.05, 4.69) is 6.92 Å². The summed E-state index contributed by atoms with van der Waals surface area (Å²) in [6.45, 7) is 4.07. The fourth-order valence-corrected chi connectivity index (χ4v) is 4.44. The number of carboxylic acid groups (broad SMARTS) is 1. The van der Waals surface area contributed by atoms with Crippen molar-refractivity contribution in [1.29, 1.82) is 0 Å². The summed E-state index contributed by atoms with van der Waals surface area (Å²) >= 11 is 0. The van der Waals surface area contributed by atoms with Gasteiger partial charge < -0.3 is 5.11 Å². The van der Waals surface area contributed by atoms with Crippen LogP contribution in [0.3, 0.4) is 0 Å². The van der Waals surface area contributed by atoms with E-state index >= 15 is 0 Å². The van der Waals surface area contributed by atoms with Gasteiger partial charge in [-0.05, 0) is 19.8 Å². The molecule has 112 valence electrons. The molecule has 1 saturated heterocycles. The molecule has 1 aliphatic heterocycles. The average molecular weight is 291 g/mol. The molecule has 1 fully saturated rings. The lowest BCUT2D eigenvalue weighted by atomic mass is 10.1. The van der Waals surface area contributed by atoms with Crippen molar-refractivity contribution >= 4 is 15.8 Å². The molecule has 0 aliphatic carbocycles. The van der Waals surface area contributed by atoms with Gasteiger partial charge in [0.1, 0.15) is 0 Å². The van der Waals surface area contributed by atoms with Crippen LogP contribution in [0, 0.1) is 0 Å². The molecule has 1 rings (SSSR count). The number of carbonyl (C=O) groups is 1. The van der Waals surface area contributed by atoms with Gasteiger partial charge in [-0.1, -0.05) is 26.2 Å². The molecular weight excluding hydrogens is 266 g/mol. The van der Waals surface area contributed by atoms with Crippen molar-refractivity contribution in [3.8, 4) is 0 Å². The lowest BCUT2D eigenvalue weighted by molar-refractivity contribution is -0.139. The first-order chi connectivity index (χ1) is 8.85. The number of carboxylic acids is 1. The minimum absolute atomic E-state index is 0.0620. The number of aliphatic carboxylic acids is 1. The standard InChI is InChI=1S/C13H25NO4S/c1-3-4-5-6-11(2)14(9-13(15)16)12-7-8-19(17,18)10-12/h11-12H,3-10H2,1-2H3,(H,15,16). The molecule has 0 spiro atoms. The van der Waals surface area contributed by atoms with Crippen LogP contribution in [0.4, 0.5) is 0 Å². The summed E-state index contributed by atoms with van der Waals surface area (Å²) < 4.78 is 23.1. The van der Waals surface area contributed by atoms with Crippen LogP contribution in [0.2, 0.25) is 0 Å². The Labute approximate surface area is 115 Å². The Morgan fingerprint density at radius 2 is 2.11 bits per heavy atom. The van der Waals surface area contributed by atoms with E-state index < -0.39 is 15.8 Å². The summed E-state index contributed by atoms with van der Waals surface area (Å²) in [5.41, 5.74) is 0. The number of hydrogen-bond acceptors (Lipinski definition) is 4. The largest absolute Gasteiger partial charge is 0.480 e. The molecule has 1 N–H and O–H groups in total. The van der Waals surface area contributed by atoms with Crippen molar-refractivity contribution in [2.24, 2.45) is 0 Å². The first-order valence-corrected chi connectivity index (χ1v) is 8.86. The lowest BCUT2D eigenvalue weighted by Gasteiger charge is -2.32. The summed E-state index contributed by atoms with van der Waals surface area (Å²) in [6.07, 6.45) is 4.82. The minimum Gasteiger partial charge on any atom is -0.480 e. The van der Waals surface area contributed by atoms with Crippen molar-refractivity contribution in [3.05, 3.63) is 0 Å². The fourth-order valence-electron chi connectivity index (χ4n) is 2.69. The maximum absolute atomic E-state index is 11.5. The first kappa shape index (κ1) is 16.4. The van der Waals surface area contributed by atoms with Crippen molar-refractivity contribution in [2.45, 2.75) is 58.0 Å². The van der Waals surface area contributed by atoms with Gasteiger partial charge in [0.2, 0.25) is 0 Å². The maximum Gasteiger partial charge on any atom is 0.317 e. The Kier molecular flexibility index (Phi) is 6.26. The van der Waals surface area contributed by atoms with Crippen LogP contribution >= 0.6 is 0 Å². The first-order valence-electron chi connectivity index (χ1n) is 7.03. The number of sulfone groups is 1. The maximum atomic E-state index is 11.5. The summed E-state index contributed by atoms with van der Waals surface area (Å²) in [5, 5.41) is 9.00. The molecule has 0 aromatic heterocycles. The van der Waals surface area contributed by atoms with Crippen LogP contribution in [-0.2, 0) is 14.6 Å². The zero-order valence-electron chi connectivity index (χ0n) is 11.8. The molecule has 1 heterocycles. The second-order valence-electron chi connectivity index (χ2n) is 5.47. The quantitative estimate of drug-likeness (QED) is 0.686. The molecule has 2 atom stereocenters. The zero-order valence-corrected chi connectivity index (χ0v) is 12.7. The number of nitrogens with zero attached hydrogens (tertiary/aromatic N) is 1.